The van der Waals surface area contributed by atoms with Crippen LogP contribution >= 0.6 is 11.6 Å². The SMILES string of the molecule is O=[N+]([O-])c1cccc(-c2ccc(C=NNS(=O)(=O)c3ccc(Cl)cc3)o2)c1. The van der Waals surface area contributed by atoms with Gasteiger partial charge in [-0.3, -0.25) is 10.1 Å². The van der Waals surface area contributed by atoms with Gasteiger partial charge in [0.2, 0.25) is 0 Å². The highest BCUT2D eigenvalue weighted by Crippen LogP contribution is 2.25. The van der Waals surface area contributed by atoms with Crippen LogP contribution in [0.3, 0.4) is 0 Å². The summed E-state index contributed by atoms with van der Waals surface area (Å²) in [5.41, 5.74) is 0.459. The van der Waals surface area contributed by atoms with Crippen LogP contribution in [0, 0.1) is 10.1 Å². The Morgan fingerprint density at radius 2 is 1.85 bits per heavy atom. The average molecular weight is 406 g/mol. The van der Waals surface area contributed by atoms with Gasteiger partial charge in [0.05, 0.1) is 16.0 Å². The minimum Gasteiger partial charge on any atom is -0.455 e. The number of sulfonamides is 1. The predicted octanol–water partition coefficient (Wildman–Crippen LogP) is 3.82. The van der Waals surface area contributed by atoms with Crippen LogP contribution < -0.4 is 4.83 Å². The van der Waals surface area contributed by atoms with E-state index in [1.54, 1.807) is 24.3 Å². The first-order valence-corrected chi connectivity index (χ1v) is 9.36. The summed E-state index contributed by atoms with van der Waals surface area (Å²) < 4.78 is 29.7. The maximum atomic E-state index is 12.1. The summed E-state index contributed by atoms with van der Waals surface area (Å²) >= 11 is 5.73. The van der Waals surface area contributed by atoms with Crippen molar-refractivity contribution in [1.29, 1.82) is 0 Å². The van der Waals surface area contributed by atoms with Crippen molar-refractivity contribution >= 4 is 33.5 Å². The van der Waals surface area contributed by atoms with Crippen LogP contribution in [0.2, 0.25) is 5.02 Å². The van der Waals surface area contributed by atoms with Gasteiger partial charge in [-0.2, -0.15) is 18.4 Å². The predicted molar refractivity (Wildman–Crippen MR) is 100 cm³/mol. The van der Waals surface area contributed by atoms with Crippen molar-refractivity contribution < 1.29 is 17.8 Å². The Morgan fingerprint density at radius 1 is 1.11 bits per heavy atom. The average Bonchev–Trinajstić information content (AvgIpc) is 3.11. The topological polar surface area (TPSA) is 115 Å². The fourth-order valence-corrected chi connectivity index (χ4v) is 3.09. The van der Waals surface area contributed by atoms with E-state index in [1.807, 2.05) is 0 Å². The number of non-ortho nitro benzene ring substituents is 1. The van der Waals surface area contributed by atoms with E-state index in [-0.39, 0.29) is 16.3 Å². The third-order valence-corrected chi connectivity index (χ3v) is 4.95. The molecule has 0 aliphatic carbocycles. The summed E-state index contributed by atoms with van der Waals surface area (Å²) in [6.45, 7) is 0. The molecule has 0 amide bonds. The molecule has 1 aromatic heterocycles. The Bertz CT molecular complexity index is 1110. The smallest absolute Gasteiger partial charge is 0.276 e. The lowest BCUT2D eigenvalue weighted by atomic mass is 10.1. The number of hydrazone groups is 1. The summed E-state index contributed by atoms with van der Waals surface area (Å²) in [6, 6.07) is 14.8. The molecule has 0 aliphatic rings. The Kier molecular flexibility index (Phi) is 5.24. The van der Waals surface area contributed by atoms with E-state index in [0.29, 0.717) is 16.3 Å². The molecule has 27 heavy (non-hydrogen) atoms. The molecule has 0 unspecified atom stereocenters. The standard InChI is InChI=1S/C17H12ClN3O5S/c18-13-4-7-16(8-5-13)27(24,25)20-19-11-15-6-9-17(26-15)12-2-1-3-14(10-12)21(22)23/h1-11,20H. The Labute approximate surface area is 159 Å². The molecule has 1 N–H and O–H groups in total. The number of hydrogen-bond acceptors (Lipinski definition) is 6. The number of hydrogen-bond donors (Lipinski definition) is 1. The first kappa shape index (κ1) is 18.6. The molecule has 0 bridgehead atoms. The molecule has 1 heterocycles. The molecule has 10 heteroatoms. The van der Waals surface area contributed by atoms with Gasteiger partial charge in [0.15, 0.2) is 0 Å². The fraction of sp³-hybridized carbons (Fsp3) is 0. The molecular weight excluding hydrogens is 394 g/mol. The number of halogens is 1. The zero-order valence-corrected chi connectivity index (χ0v) is 15.1. The van der Waals surface area contributed by atoms with Gasteiger partial charge in [-0.1, -0.05) is 23.7 Å². The molecular formula is C17H12ClN3O5S. The molecule has 0 saturated heterocycles. The normalized spacial score (nSPS) is 11.6. The molecule has 2 aromatic carbocycles. The quantitative estimate of drug-likeness (QED) is 0.380. The minimum atomic E-state index is -3.83. The van der Waals surface area contributed by atoms with E-state index >= 15 is 0 Å². The van der Waals surface area contributed by atoms with E-state index in [2.05, 4.69) is 9.93 Å². The van der Waals surface area contributed by atoms with Gasteiger partial charge in [0.25, 0.3) is 15.7 Å². The van der Waals surface area contributed by atoms with Crippen molar-refractivity contribution in [3.63, 3.8) is 0 Å². The Balaban J connectivity index is 1.73. The summed E-state index contributed by atoms with van der Waals surface area (Å²) in [7, 11) is -3.83. The number of nitrogens with zero attached hydrogens (tertiary/aromatic N) is 2. The number of nitrogens with one attached hydrogen (secondary N) is 1. The number of rotatable bonds is 6. The van der Waals surface area contributed by atoms with Gasteiger partial charge < -0.3 is 4.42 Å². The Morgan fingerprint density at radius 3 is 2.56 bits per heavy atom. The zero-order valence-electron chi connectivity index (χ0n) is 13.6. The molecule has 0 atom stereocenters. The number of benzene rings is 2. The van der Waals surface area contributed by atoms with E-state index in [4.69, 9.17) is 16.0 Å². The molecule has 8 nitrogen and oxygen atoms in total. The Hall–Kier alpha value is -3.17. The summed E-state index contributed by atoms with van der Waals surface area (Å²) in [5.74, 6) is 0.663. The number of furan rings is 1. The maximum Gasteiger partial charge on any atom is 0.276 e. The van der Waals surface area contributed by atoms with Crippen molar-refractivity contribution in [1.82, 2.24) is 4.83 Å². The second kappa shape index (κ2) is 7.60. The van der Waals surface area contributed by atoms with Crippen LogP contribution in [0.1, 0.15) is 5.76 Å². The van der Waals surface area contributed by atoms with Crippen LogP contribution in [-0.4, -0.2) is 19.6 Å². The summed E-state index contributed by atoms with van der Waals surface area (Å²) in [4.78, 5) is 12.4. The molecule has 138 valence electrons. The van der Waals surface area contributed by atoms with E-state index in [9.17, 15) is 18.5 Å². The van der Waals surface area contributed by atoms with Gasteiger partial charge >= 0.3 is 0 Å². The lowest BCUT2D eigenvalue weighted by molar-refractivity contribution is -0.384. The van der Waals surface area contributed by atoms with Crippen molar-refractivity contribution in [2.75, 3.05) is 0 Å². The molecule has 0 fully saturated rings. The monoisotopic (exact) mass is 405 g/mol. The minimum absolute atomic E-state index is 0.0146. The van der Waals surface area contributed by atoms with E-state index < -0.39 is 14.9 Å². The van der Waals surface area contributed by atoms with Gasteiger partial charge in [-0.15, -0.1) is 0 Å². The second-order valence-corrected chi connectivity index (χ2v) is 7.41. The van der Waals surface area contributed by atoms with Crippen LogP contribution in [0.5, 0.6) is 0 Å². The highest BCUT2D eigenvalue weighted by Gasteiger charge is 2.13. The number of nitro groups is 1. The summed E-state index contributed by atoms with van der Waals surface area (Å²) in [5, 5.41) is 14.9. The molecule has 0 radical (unpaired) electrons. The van der Waals surface area contributed by atoms with Gasteiger partial charge in [-0.25, -0.2) is 0 Å². The van der Waals surface area contributed by atoms with Gasteiger partial charge in [0.1, 0.15) is 11.5 Å². The highest BCUT2D eigenvalue weighted by atomic mass is 35.5. The largest absolute Gasteiger partial charge is 0.455 e. The van der Waals surface area contributed by atoms with Crippen LogP contribution in [0.15, 0.2) is 75.1 Å². The zero-order chi connectivity index (χ0) is 19.4. The second-order valence-electron chi connectivity index (χ2n) is 5.32. The molecule has 0 spiro atoms. The highest BCUT2D eigenvalue weighted by molar-refractivity contribution is 7.89. The van der Waals surface area contributed by atoms with Crippen molar-refractivity contribution in [2.45, 2.75) is 4.90 Å². The lowest BCUT2D eigenvalue weighted by Crippen LogP contribution is -2.18. The number of nitro benzene ring substituents is 1. The first-order valence-electron chi connectivity index (χ1n) is 7.50. The first-order chi connectivity index (χ1) is 12.8. The van der Waals surface area contributed by atoms with Crippen LogP contribution in [-0.2, 0) is 10.0 Å². The van der Waals surface area contributed by atoms with E-state index in [1.165, 1.54) is 42.6 Å². The van der Waals surface area contributed by atoms with E-state index in [0.717, 1.165) is 0 Å². The van der Waals surface area contributed by atoms with Gasteiger partial charge in [-0.05, 0) is 36.4 Å². The summed E-state index contributed by atoms with van der Waals surface area (Å²) in [6.07, 6.45) is 1.19. The molecule has 3 aromatic rings. The third-order valence-electron chi connectivity index (χ3n) is 3.46. The fourth-order valence-electron chi connectivity index (χ4n) is 2.18. The maximum absolute atomic E-state index is 12.1. The van der Waals surface area contributed by atoms with Crippen molar-refractivity contribution in [2.24, 2.45) is 5.10 Å². The lowest BCUT2D eigenvalue weighted by Gasteiger charge is -2.02. The van der Waals surface area contributed by atoms with Crippen LogP contribution in [0.25, 0.3) is 11.3 Å². The molecule has 0 saturated carbocycles. The van der Waals surface area contributed by atoms with Crippen LogP contribution in [0.4, 0.5) is 5.69 Å². The van der Waals surface area contributed by atoms with Gasteiger partial charge in [0, 0.05) is 22.7 Å². The van der Waals surface area contributed by atoms with Crippen molar-refractivity contribution in [3.8, 4) is 11.3 Å². The molecule has 0 aliphatic heterocycles. The van der Waals surface area contributed by atoms with Crippen molar-refractivity contribution in [3.05, 3.63) is 81.6 Å². The molecule has 3 rings (SSSR count). The third kappa shape index (κ3) is 4.52.